The summed E-state index contributed by atoms with van der Waals surface area (Å²) >= 11 is 0. The zero-order chi connectivity index (χ0) is 13.3. The van der Waals surface area contributed by atoms with Gasteiger partial charge in [0.05, 0.1) is 6.61 Å². The van der Waals surface area contributed by atoms with Crippen molar-refractivity contribution in [3.63, 3.8) is 0 Å². The second-order valence-corrected chi connectivity index (χ2v) is 5.26. The summed E-state index contributed by atoms with van der Waals surface area (Å²) in [6.45, 7) is -0.359. The number of amidine groups is 1. The maximum absolute atomic E-state index is 12.0. The number of carbonyl (C=O) groups excluding carboxylic acids is 1. The first kappa shape index (κ1) is 12.0. The maximum Gasteiger partial charge on any atom is 0.452 e. The smallest absolute Gasteiger partial charge is 0.392 e. The van der Waals surface area contributed by atoms with Gasteiger partial charge in [-0.2, -0.15) is 4.48 Å². The number of rotatable bonds is 1. The van der Waals surface area contributed by atoms with Gasteiger partial charge >= 0.3 is 11.8 Å². The van der Waals surface area contributed by atoms with Crippen LogP contribution < -0.4 is 5.73 Å². The standard InChI is InChI=1S/C10H12N3O4P/c11-5-1-2-13(9(16)12-5)7-6(18)4(3-14)8(15)10(7,13)17/h1-2,7-8,14-15,17H,3,18H2,(H-,11,12,16)/p+1/t7-,8-,10+,13?/m1/s1. The van der Waals surface area contributed by atoms with Gasteiger partial charge < -0.3 is 21.1 Å². The number of hydrogen-bond acceptors (Lipinski definition) is 5. The van der Waals surface area contributed by atoms with Crippen LogP contribution in [0.15, 0.2) is 28.2 Å². The molecular formula is C10H13N3O4P+. The van der Waals surface area contributed by atoms with Gasteiger partial charge in [0.25, 0.3) is 0 Å². The lowest BCUT2D eigenvalue weighted by molar-refractivity contribution is -0.724. The molecule has 0 saturated carbocycles. The number of urea groups is 1. The van der Waals surface area contributed by atoms with E-state index < -0.39 is 28.4 Å². The Morgan fingerprint density at radius 2 is 2.28 bits per heavy atom. The van der Waals surface area contributed by atoms with Crippen molar-refractivity contribution < 1.29 is 24.6 Å². The molecule has 0 aromatic heterocycles. The molecule has 1 saturated heterocycles. The van der Waals surface area contributed by atoms with E-state index in [1.54, 1.807) is 0 Å². The van der Waals surface area contributed by atoms with E-state index in [4.69, 9.17) is 10.8 Å². The van der Waals surface area contributed by atoms with E-state index in [0.29, 0.717) is 10.9 Å². The van der Waals surface area contributed by atoms with Gasteiger partial charge in [-0.05, 0) is 0 Å². The summed E-state index contributed by atoms with van der Waals surface area (Å²) in [7, 11) is 2.37. The lowest BCUT2D eigenvalue weighted by Crippen LogP contribution is -2.46. The molecule has 2 unspecified atom stereocenters. The summed E-state index contributed by atoms with van der Waals surface area (Å²) in [5.74, 6) is 0.0727. The summed E-state index contributed by atoms with van der Waals surface area (Å²) in [6, 6.07) is -1.24. The first-order valence-corrected chi connectivity index (χ1v) is 5.95. The third-order valence-corrected chi connectivity index (χ3v) is 4.61. The second-order valence-electron chi connectivity index (χ2n) is 4.64. The first-order valence-electron chi connectivity index (χ1n) is 5.37. The molecule has 2 heterocycles. The van der Waals surface area contributed by atoms with Gasteiger partial charge in [-0.15, -0.1) is 14.2 Å². The lowest BCUT2D eigenvalue weighted by Gasteiger charge is -2.23. The molecular weight excluding hydrogens is 257 g/mol. The molecule has 3 aliphatic rings. The van der Waals surface area contributed by atoms with E-state index in [-0.39, 0.29) is 12.4 Å². The van der Waals surface area contributed by atoms with Crippen molar-refractivity contribution in [2.24, 2.45) is 10.7 Å². The van der Waals surface area contributed by atoms with E-state index in [2.05, 4.69) is 14.2 Å². The normalized spacial score (nSPS) is 45.6. The van der Waals surface area contributed by atoms with Crippen molar-refractivity contribution in [1.82, 2.24) is 0 Å². The number of carbonyl (C=O) groups is 1. The molecule has 8 heteroatoms. The Morgan fingerprint density at radius 3 is 2.72 bits per heavy atom. The molecule has 2 aliphatic heterocycles. The van der Waals surface area contributed by atoms with Crippen molar-refractivity contribution >= 4 is 21.1 Å². The van der Waals surface area contributed by atoms with Crippen LogP contribution in [0.2, 0.25) is 0 Å². The summed E-state index contributed by atoms with van der Waals surface area (Å²) in [5, 5.41) is 30.3. The lowest BCUT2D eigenvalue weighted by atomic mass is 10.1. The monoisotopic (exact) mass is 270 g/mol. The van der Waals surface area contributed by atoms with Crippen molar-refractivity contribution in [2.45, 2.75) is 17.9 Å². The highest BCUT2D eigenvalue weighted by Crippen LogP contribution is 2.63. The molecule has 0 aromatic carbocycles. The minimum absolute atomic E-state index is 0.0727. The highest BCUT2D eigenvalue weighted by molar-refractivity contribution is 7.22. The third kappa shape index (κ3) is 0.989. The topological polar surface area (TPSA) is 116 Å². The highest BCUT2D eigenvalue weighted by Gasteiger charge is 2.90. The molecule has 5 N–H and O–H groups in total. The van der Waals surface area contributed by atoms with Crippen molar-refractivity contribution in [2.75, 3.05) is 6.61 Å². The Morgan fingerprint density at radius 1 is 1.61 bits per heavy atom. The summed E-state index contributed by atoms with van der Waals surface area (Å²) in [6.07, 6.45) is 1.58. The average Bonchev–Trinajstić information content (AvgIpc) is 2.80. The van der Waals surface area contributed by atoms with E-state index in [1.165, 1.54) is 12.3 Å². The molecule has 5 atom stereocenters. The van der Waals surface area contributed by atoms with Crippen LogP contribution in [0.4, 0.5) is 4.79 Å². The quantitative estimate of drug-likeness (QED) is 0.259. The zero-order valence-corrected chi connectivity index (χ0v) is 10.5. The number of hydrogen-bond donors (Lipinski definition) is 4. The number of fused-ring (bicyclic) bond motifs is 3. The van der Waals surface area contributed by atoms with Crippen molar-refractivity contribution in [1.29, 1.82) is 0 Å². The van der Waals surface area contributed by atoms with Crippen molar-refractivity contribution in [3.05, 3.63) is 23.2 Å². The van der Waals surface area contributed by atoms with Gasteiger partial charge in [0.2, 0.25) is 6.04 Å². The fraction of sp³-hybridized carbons (Fsp3) is 0.400. The zero-order valence-electron chi connectivity index (χ0n) is 9.32. The minimum atomic E-state index is -1.67. The number of aliphatic hydroxyl groups excluding tert-OH is 2. The summed E-state index contributed by atoms with van der Waals surface area (Å²) in [5.41, 5.74) is 4.08. The molecule has 96 valence electrons. The number of quaternary nitrogens is 1. The number of amides is 2. The molecule has 1 aliphatic carbocycles. The Labute approximate surface area is 105 Å². The Hall–Kier alpha value is -1.11. The fourth-order valence-corrected chi connectivity index (χ4v) is 3.70. The number of aliphatic hydroxyl groups is 3. The predicted molar refractivity (Wildman–Crippen MR) is 65.0 cm³/mol. The predicted octanol–water partition coefficient (Wildman–Crippen LogP) is -1.63. The van der Waals surface area contributed by atoms with Gasteiger partial charge in [0.15, 0.2) is 6.10 Å². The van der Waals surface area contributed by atoms with Crippen LogP contribution in [0.3, 0.4) is 0 Å². The van der Waals surface area contributed by atoms with Crippen molar-refractivity contribution in [3.8, 4) is 0 Å². The summed E-state index contributed by atoms with van der Waals surface area (Å²) in [4.78, 5) is 15.6. The van der Waals surface area contributed by atoms with Gasteiger partial charge in [0, 0.05) is 17.0 Å². The largest absolute Gasteiger partial charge is 0.452 e. The Kier molecular flexibility index (Phi) is 2.16. The first-order chi connectivity index (χ1) is 8.41. The van der Waals surface area contributed by atoms with Crippen LogP contribution in [0.25, 0.3) is 0 Å². The maximum atomic E-state index is 12.0. The second kappa shape index (κ2) is 3.26. The van der Waals surface area contributed by atoms with E-state index in [9.17, 15) is 15.0 Å². The fourth-order valence-electron chi connectivity index (χ4n) is 2.97. The van der Waals surface area contributed by atoms with Crippen LogP contribution in [-0.4, -0.2) is 56.1 Å². The molecule has 1 fully saturated rings. The van der Waals surface area contributed by atoms with E-state index in [1.807, 2.05) is 0 Å². The number of nitrogens with two attached hydrogens (primary N) is 1. The SMILES string of the molecule is NC1=NC(=O)[N+]2(C=C1)[C@@H]1C(P)=C(CO)[C@@H](O)[C@@]12O. The molecule has 3 rings (SSSR count). The van der Waals surface area contributed by atoms with E-state index in [0.717, 1.165) is 0 Å². The Balaban J connectivity index is 2.10. The van der Waals surface area contributed by atoms with Crippen LogP contribution in [0.1, 0.15) is 0 Å². The highest BCUT2D eigenvalue weighted by atomic mass is 31.0. The molecule has 18 heavy (non-hydrogen) atoms. The summed E-state index contributed by atoms with van der Waals surface area (Å²) < 4.78 is -0.475. The van der Waals surface area contributed by atoms with E-state index >= 15 is 0 Å². The van der Waals surface area contributed by atoms with Gasteiger partial charge in [0.1, 0.15) is 12.0 Å². The van der Waals surface area contributed by atoms with Crippen LogP contribution in [0.5, 0.6) is 0 Å². The number of aliphatic imine (C=N–C) groups is 1. The molecule has 0 aromatic rings. The molecule has 0 radical (unpaired) electrons. The Bertz CT molecular complexity index is 557. The average molecular weight is 270 g/mol. The minimum Gasteiger partial charge on any atom is -0.392 e. The van der Waals surface area contributed by atoms with Crippen LogP contribution >= 0.6 is 9.24 Å². The van der Waals surface area contributed by atoms with Gasteiger partial charge in [-0.25, -0.2) is 4.79 Å². The van der Waals surface area contributed by atoms with Gasteiger partial charge in [-0.3, -0.25) is 0 Å². The van der Waals surface area contributed by atoms with Crippen LogP contribution in [0, 0.1) is 0 Å². The molecule has 0 bridgehead atoms. The molecule has 1 spiro atoms. The van der Waals surface area contributed by atoms with Gasteiger partial charge in [-0.1, -0.05) is 0 Å². The van der Waals surface area contributed by atoms with Crippen LogP contribution in [-0.2, 0) is 0 Å². The number of nitrogens with zero attached hydrogens (tertiary/aromatic N) is 2. The third-order valence-electron chi connectivity index (χ3n) is 3.92. The molecule has 7 nitrogen and oxygen atoms in total. The molecule has 2 amide bonds.